The van der Waals surface area contributed by atoms with Crippen molar-refractivity contribution in [1.82, 2.24) is 9.97 Å². The summed E-state index contributed by atoms with van der Waals surface area (Å²) in [6, 6.07) is 0. The molecular formula is C9H10BrN3O2S2. The normalized spacial score (nSPS) is 11.9. The Kier molecular flexibility index (Phi) is 3.64. The van der Waals surface area contributed by atoms with Crippen molar-refractivity contribution < 1.29 is 8.42 Å². The molecule has 0 spiro atoms. The van der Waals surface area contributed by atoms with Gasteiger partial charge in [-0.1, -0.05) is 0 Å². The van der Waals surface area contributed by atoms with Gasteiger partial charge >= 0.3 is 0 Å². The smallest absolute Gasteiger partial charge is 0.223 e. The van der Waals surface area contributed by atoms with Crippen molar-refractivity contribution in [3.8, 4) is 0 Å². The first kappa shape index (κ1) is 12.7. The third-order valence-electron chi connectivity index (χ3n) is 2.03. The fourth-order valence-corrected chi connectivity index (χ4v) is 3.14. The van der Waals surface area contributed by atoms with Gasteiger partial charge in [-0.2, -0.15) is 0 Å². The molecule has 8 heteroatoms. The van der Waals surface area contributed by atoms with E-state index in [4.69, 9.17) is 0 Å². The van der Waals surface area contributed by atoms with Gasteiger partial charge in [-0.25, -0.2) is 18.4 Å². The number of halogens is 1. The van der Waals surface area contributed by atoms with E-state index in [1.807, 2.05) is 5.38 Å². The van der Waals surface area contributed by atoms with Gasteiger partial charge < -0.3 is 5.32 Å². The molecule has 0 saturated carbocycles. The Morgan fingerprint density at radius 3 is 3.00 bits per heavy atom. The molecule has 0 aliphatic carbocycles. The van der Waals surface area contributed by atoms with Gasteiger partial charge in [-0.05, 0) is 15.9 Å². The minimum atomic E-state index is -2.96. The van der Waals surface area contributed by atoms with Crippen LogP contribution in [-0.4, -0.2) is 36.9 Å². The van der Waals surface area contributed by atoms with Crippen LogP contribution >= 0.6 is 27.3 Å². The molecular weight excluding hydrogens is 326 g/mol. The van der Waals surface area contributed by atoms with Gasteiger partial charge in [-0.3, -0.25) is 0 Å². The maximum atomic E-state index is 11.0. The second-order valence-electron chi connectivity index (χ2n) is 3.55. The van der Waals surface area contributed by atoms with Crippen LogP contribution in [0.5, 0.6) is 0 Å². The summed E-state index contributed by atoms with van der Waals surface area (Å²) in [6.45, 7) is 0.312. The third-order valence-corrected chi connectivity index (χ3v) is 4.79. The highest BCUT2D eigenvalue weighted by Gasteiger charge is 2.06. The fraction of sp³-hybridized carbons (Fsp3) is 0.333. The molecule has 0 saturated heterocycles. The van der Waals surface area contributed by atoms with Gasteiger partial charge in [-0.15, -0.1) is 11.3 Å². The van der Waals surface area contributed by atoms with E-state index in [9.17, 15) is 8.42 Å². The fourth-order valence-electron chi connectivity index (χ4n) is 1.23. The zero-order valence-electron chi connectivity index (χ0n) is 8.97. The summed E-state index contributed by atoms with van der Waals surface area (Å²) in [6.07, 6.45) is 2.93. The Balaban J connectivity index is 2.11. The van der Waals surface area contributed by atoms with Gasteiger partial charge in [0.1, 0.15) is 15.4 Å². The number of hydrogen-bond donors (Lipinski definition) is 1. The Morgan fingerprint density at radius 1 is 1.53 bits per heavy atom. The summed E-state index contributed by atoms with van der Waals surface area (Å²) in [7, 11) is -2.96. The Morgan fingerprint density at radius 2 is 2.29 bits per heavy atom. The van der Waals surface area contributed by atoms with Crippen LogP contribution in [0.4, 0.5) is 5.95 Å². The zero-order chi connectivity index (χ0) is 12.5. The molecule has 2 rings (SSSR count). The predicted molar refractivity (Wildman–Crippen MR) is 73.3 cm³/mol. The summed E-state index contributed by atoms with van der Waals surface area (Å²) in [4.78, 5) is 8.41. The van der Waals surface area contributed by atoms with Gasteiger partial charge in [0.05, 0.1) is 21.1 Å². The van der Waals surface area contributed by atoms with Crippen LogP contribution in [0, 0.1) is 0 Å². The average molecular weight is 336 g/mol. The van der Waals surface area contributed by atoms with Gasteiger partial charge in [0.2, 0.25) is 5.95 Å². The third kappa shape index (κ3) is 3.36. The molecule has 0 aliphatic heterocycles. The first-order valence-corrected chi connectivity index (χ1v) is 8.50. The van der Waals surface area contributed by atoms with E-state index in [0.717, 1.165) is 14.7 Å². The van der Waals surface area contributed by atoms with Crippen molar-refractivity contribution in [2.45, 2.75) is 0 Å². The minimum Gasteiger partial charge on any atom is -0.353 e. The molecule has 92 valence electrons. The maximum absolute atomic E-state index is 11.0. The van der Waals surface area contributed by atoms with Crippen LogP contribution in [0.15, 0.2) is 16.0 Å². The van der Waals surface area contributed by atoms with Crippen molar-refractivity contribution in [3.05, 3.63) is 16.0 Å². The Bertz CT molecular complexity index is 639. The lowest BCUT2D eigenvalue weighted by Gasteiger charge is -2.03. The second kappa shape index (κ2) is 4.87. The molecule has 0 aromatic carbocycles. The first-order chi connectivity index (χ1) is 7.96. The average Bonchev–Trinajstić information content (AvgIpc) is 2.59. The van der Waals surface area contributed by atoms with E-state index < -0.39 is 9.84 Å². The van der Waals surface area contributed by atoms with Crippen LogP contribution in [0.2, 0.25) is 0 Å². The quantitative estimate of drug-likeness (QED) is 0.923. The van der Waals surface area contributed by atoms with Gasteiger partial charge in [0.15, 0.2) is 0 Å². The standard InChI is InChI=1S/C9H10BrN3O2S2/c1-17(14,15)3-2-11-9-12-4-7-8(13-9)6(10)5-16-7/h4-5H,2-3H2,1H3,(H,11,12,13). The molecule has 17 heavy (non-hydrogen) atoms. The summed E-state index contributed by atoms with van der Waals surface area (Å²) < 4.78 is 23.8. The number of anilines is 1. The highest BCUT2D eigenvalue weighted by molar-refractivity contribution is 9.10. The van der Waals surface area contributed by atoms with Crippen molar-refractivity contribution >= 4 is 53.3 Å². The monoisotopic (exact) mass is 335 g/mol. The van der Waals surface area contributed by atoms with Gasteiger partial charge in [0.25, 0.3) is 0 Å². The van der Waals surface area contributed by atoms with Crippen molar-refractivity contribution in [2.24, 2.45) is 0 Å². The van der Waals surface area contributed by atoms with Crippen LogP contribution in [0.25, 0.3) is 10.2 Å². The maximum Gasteiger partial charge on any atom is 0.223 e. The SMILES string of the molecule is CS(=O)(=O)CCNc1ncc2scc(Br)c2n1. The molecule has 0 atom stereocenters. The van der Waals surface area contributed by atoms with Crippen LogP contribution in [0.3, 0.4) is 0 Å². The number of nitrogens with zero attached hydrogens (tertiary/aromatic N) is 2. The molecule has 0 unspecified atom stereocenters. The molecule has 2 aromatic rings. The molecule has 0 fully saturated rings. The lowest BCUT2D eigenvalue weighted by molar-refractivity contribution is 0.602. The predicted octanol–water partition coefficient (Wildman–Crippen LogP) is 1.91. The molecule has 5 nitrogen and oxygen atoms in total. The Labute approximate surface area is 111 Å². The number of hydrogen-bond acceptors (Lipinski definition) is 6. The largest absolute Gasteiger partial charge is 0.353 e. The van der Waals surface area contributed by atoms with Crippen molar-refractivity contribution in [3.63, 3.8) is 0 Å². The van der Waals surface area contributed by atoms with Crippen LogP contribution in [0.1, 0.15) is 0 Å². The molecule has 2 heterocycles. The summed E-state index contributed by atoms with van der Waals surface area (Å²) in [5.74, 6) is 0.513. The zero-order valence-corrected chi connectivity index (χ0v) is 12.2. The number of nitrogens with one attached hydrogen (secondary N) is 1. The number of sulfone groups is 1. The topological polar surface area (TPSA) is 72.0 Å². The summed E-state index contributed by atoms with van der Waals surface area (Å²) >= 11 is 4.95. The van der Waals surface area contributed by atoms with E-state index in [0.29, 0.717) is 12.5 Å². The molecule has 1 N–H and O–H groups in total. The highest BCUT2D eigenvalue weighted by atomic mass is 79.9. The Hall–Kier alpha value is -0.730. The van der Waals surface area contributed by atoms with E-state index >= 15 is 0 Å². The molecule has 0 amide bonds. The first-order valence-electron chi connectivity index (χ1n) is 4.77. The lowest BCUT2D eigenvalue weighted by Crippen LogP contribution is -2.15. The van der Waals surface area contributed by atoms with E-state index in [1.54, 1.807) is 17.5 Å². The summed E-state index contributed by atoms with van der Waals surface area (Å²) in [5, 5.41) is 4.84. The van der Waals surface area contributed by atoms with Gasteiger partial charge in [0, 0.05) is 18.2 Å². The number of fused-ring (bicyclic) bond motifs is 1. The van der Waals surface area contributed by atoms with Crippen LogP contribution < -0.4 is 5.32 Å². The second-order valence-corrected chi connectivity index (χ2v) is 7.57. The van der Waals surface area contributed by atoms with E-state index in [1.165, 1.54) is 6.26 Å². The number of aromatic nitrogens is 2. The molecule has 2 aromatic heterocycles. The summed E-state index contributed by atoms with van der Waals surface area (Å²) in [5.41, 5.74) is 0.840. The van der Waals surface area contributed by atoms with Crippen molar-refractivity contribution in [1.29, 1.82) is 0 Å². The van der Waals surface area contributed by atoms with E-state index in [2.05, 4.69) is 31.2 Å². The molecule has 0 aliphatic rings. The highest BCUT2D eigenvalue weighted by Crippen LogP contribution is 2.28. The van der Waals surface area contributed by atoms with Crippen LogP contribution in [-0.2, 0) is 9.84 Å². The minimum absolute atomic E-state index is 0.0687. The number of thiophene rings is 1. The van der Waals surface area contributed by atoms with Crippen molar-refractivity contribution in [2.75, 3.05) is 23.9 Å². The molecule has 0 radical (unpaired) electrons. The number of rotatable bonds is 4. The van der Waals surface area contributed by atoms with E-state index in [-0.39, 0.29) is 5.75 Å². The lowest BCUT2D eigenvalue weighted by atomic mass is 10.5. The molecule has 0 bridgehead atoms.